The van der Waals surface area contributed by atoms with Crippen molar-refractivity contribution in [2.24, 2.45) is 0 Å². The summed E-state index contributed by atoms with van der Waals surface area (Å²) < 4.78 is 8.15. The van der Waals surface area contributed by atoms with Crippen LogP contribution in [0.4, 0.5) is 5.95 Å². The number of pyridine rings is 1. The van der Waals surface area contributed by atoms with Crippen LogP contribution in [0.2, 0.25) is 5.02 Å². The lowest BCUT2D eigenvalue weighted by atomic mass is 10.1. The van der Waals surface area contributed by atoms with Crippen LogP contribution >= 0.6 is 11.6 Å². The van der Waals surface area contributed by atoms with Crippen molar-refractivity contribution in [3.8, 4) is 5.75 Å². The maximum atomic E-state index is 13.3. The quantitative estimate of drug-likeness (QED) is 0.376. The second-order valence-corrected chi connectivity index (χ2v) is 10.9. The molecule has 1 unspecified atom stereocenters. The number of nitrogens with one attached hydrogen (secondary N) is 1. The molecule has 9 nitrogen and oxygen atoms in total. The molecule has 10 heteroatoms. The predicted octanol–water partition coefficient (Wildman–Crippen LogP) is 5.25. The van der Waals surface area contributed by atoms with Crippen LogP contribution in [0.25, 0.3) is 11.0 Å². The number of fused-ring (bicyclic) bond motifs is 1. The van der Waals surface area contributed by atoms with Gasteiger partial charge in [0.05, 0.1) is 17.1 Å². The van der Waals surface area contributed by atoms with E-state index in [-0.39, 0.29) is 17.9 Å². The van der Waals surface area contributed by atoms with Gasteiger partial charge in [-0.05, 0) is 89.4 Å². The van der Waals surface area contributed by atoms with Gasteiger partial charge in [0.15, 0.2) is 0 Å². The monoisotopic (exact) mass is 564 g/mol. The third-order valence-corrected chi connectivity index (χ3v) is 8.00. The highest BCUT2D eigenvalue weighted by molar-refractivity contribution is 6.36. The van der Waals surface area contributed by atoms with E-state index in [1.807, 2.05) is 35.4 Å². The number of rotatable bonds is 8. The first-order chi connectivity index (χ1) is 19.4. The molecule has 1 atom stereocenters. The van der Waals surface area contributed by atoms with Gasteiger partial charge in [0.1, 0.15) is 17.4 Å². The number of aromatic nitrogens is 3. The lowest BCUT2D eigenvalue weighted by Gasteiger charge is -2.26. The van der Waals surface area contributed by atoms with E-state index in [4.69, 9.17) is 21.3 Å². The van der Waals surface area contributed by atoms with E-state index in [0.29, 0.717) is 53.0 Å². The summed E-state index contributed by atoms with van der Waals surface area (Å²) in [7, 11) is 0. The lowest BCUT2D eigenvalue weighted by molar-refractivity contribution is -0.126. The Balaban J connectivity index is 1.51. The van der Waals surface area contributed by atoms with Gasteiger partial charge in [0, 0.05) is 37.1 Å². The average Bonchev–Trinajstić information content (AvgIpc) is 3.51. The second-order valence-electron chi connectivity index (χ2n) is 10.5. The minimum absolute atomic E-state index is 0.0197. The van der Waals surface area contributed by atoms with E-state index >= 15 is 0 Å². The summed E-state index contributed by atoms with van der Waals surface area (Å²) in [4.78, 5) is 39.4. The number of likely N-dealkylation sites (tertiary alicyclic amines) is 2. The van der Waals surface area contributed by atoms with Crippen molar-refractivity contribution in [1.29, 1.82) is 0 Å². The molecular weight excluding hydrogens is 528 g/mol. The first kappa shape index (κ1) is 28.1. The fourth-order valence-corrected chi connectivity index (χ4v) is 5.92. The number of aryl methyl sites for hydroxylation is 1. The molecule has 212 valence electrons. The first-order valence-electron chi connectivity index (χ1n) is 14.2. The zero-order chi connectivity index (χ0) is 28.1. The van der Waals surface area contributed by atoms with Crippen LogP contribution in [0.15, 0.2) is 42.6 Å². The highest BCUT2D eigenvalue weighted by Crippen LogP contribution is 2.38. The van der Waals surface area contributed by atoms with Crippen LogP contribution in [0.1, 0.15) is 61.1 Å². The largest absolute Gasteiger partial charge is 0.491 e. The fraction of sp³-hybridized carbons (Fsp3) is 0.467. The molecule has 2 aliphatic heterocycles. The number of nitrogens with zero attached hydrogens (tertiary/aromatic N) is 5. The molecule has 3 aromatic rings. The Morgan fingerprint density at radius 3 is 2.73 bits per heavy atom. The van der Waals surface area contributed by atoms with Crippen molar-refractivity contribution >= 4 is 40.4 Å². The Bertz CT molecular complexity index is 1400. The number of ether oxygens (including phenoxy) is 1. The highest BCUT2D eigenvalue weighted by Gasteiger charge is 2.28. The minimum Gasteiger partial charge on any atom is -0.491 e. The number of allylic oxidation sites excluding steroid dienone is 1. The van der Waals surface area contributed by atoms with Crippen molar-refractivity contribution in [3.05, 3.63) is 58.9 Å². The minimum atomic E-state index is -0.282. The number of halogens is 1. The standard InChI is InChI=1S/C30H37ClN6O3/c1-3-8-26(38)36-16-5-4-9-23(20-36)37-28-24(33-30(37)34-29(39)22-12-13-32-21(2)19-22)10-11-25(27(28)31)40-18-17-35-14-6-7-15-35/h3,8,10-13,19,23H,4-7,9,14-18,20H2,1-2H3,(H,33,34,39)/b8-3+. The van der Waals surface area contributed by atoms with Crippen molar-refractivity contribution in [2.75, 3.05) is 44.6 Å². The van der Waals surface area contributed by atoms with Gasteiger partial charge < -0.3 is 14.2 Å². The van der Waals surface area contributed by atoms with Crippen LogP contribution in [0.5, 0.6) is 5.75 Å². The molecule has 2 aliphatic rings. The van der Waals surface area contributed by atoms with E-state index in [0.717, 1.165) is 44.6 Å². The van der Waals surface area contributed by atoms with Gasteiger partial charge >= 0.3 is 0 Å². The molecule has 2 saturated heterocycles. The maximum absolute atomic E-state index is 13.3. The maximum Gasteiger partial charge on any atom is 0.258 e. The zero-order valence-corrected chi connectivity index (χ0v) is 24.0. The Hall–Kier alpha value is -3.43. The van der Waals surface area contributed by atoms with E-state index in [2.05, 4.69) is 15.2 Å². The molecule has 2 aromatic heterocycles. The number of carbonyl (C=O) groups excluding carboxylic acids is 2. The number of benzene rings is 1. The summed E-state index contributed by atoms with van der Waals surface area (Å²) in [6.45, 7) is 8.46. The van der Waals surface area contributed by atoms with Crippen LogP contribution in [0, 0.1) is 6.92 Å². The first-order valence-corrected chi connectivity index (χ1v) is 14.5. The molecule has 2 fully saturated rings. The molecule has 4 heterocycles. The van der Waals surface area contributed by atoms with Crippen LogP contribution < -0.4 is 10.1 Å². The van der Waals surface area contributed by atoms with Crippen LogP contribution in [0.3, 0.4) is 0 Å². The van der Waals surface area contributed by atoms with Gasteiger partial charge in [-0.2, -0.15) is 0 Å². The summed E-state index contributed by atoms with van der Waals surface area (Å²) in [6.07, 6.45) is 10.1. The number of hydrogen-bond donors (Lipinski definition) is 1. The van der Waals surface area contributed by atoms with Crippen molar-refractivity contribution in [2.45, 2.75) is 52.0 Å². The molecule has 40 heavy (non-hydrogen) atoms. The fourth-order valence-electron chi connectivity index (χ4n) is 5.61. The van der Waals surface area contributed by atoms with Gasteiger partial charge in [0.2, 0.25) is 11.9 Å². The lowest BCUT2D eigenvalue weighted by Crippen LogP contribution is -2.34. The average molecular weight is 565 g/mol. The molecule has 1 N–H and O–H groups in total. The summed E-state index contributed by atoms with van der Waals surface area (Å²) >= 11 is 7.03. The molecule has 2 amide bonds. The highest BCUT2D eigenvalue weighted by atomic mass is 35.5. The van der Waals surface area contributed by atoms with Crippen LogP contribution in [-0.4, -0.2) is 75.5 Å². The molecule has 0 bridgehead atoms. The normalized spacial score (nSPS) is 18.4. The third kappa shape index (κ3) is 6.31. The van der Waals surface area contributed by atoms with Gasteiger partial charge in [-0.3, -0.25) is 24.8 Å². The molecule has 5 rings (SSSR count). The van der Waals surface area contributed by atoms with E-state index in [9.17, 15) is 9.59 Å². The number of imidazole rings is 1. The van der Waals surface area contributed by atoms with E-state index in [1.165, 1.54) is 12.8 Å². The van der Waals surface area contributed by atoms with Gasteiger partial charge in [-0.15, -0.1) is 0 Å². The number of carbonyl (C=O) groups is 2. The Kier molecular flexibility index (Phi) is 9.01. The van der Waals surface area contributed by atoms with Gasteiger partial charge in [0.25, 0.3) is 5.91 Å². The number of anilines is 1. The molecular formula is C30H37ClN6O3. The van der Waals surface area contributed by atoms with Gasteiger partial charge in [-0.1, -0.05) is 17.7 Å². The third-order valence-electron chi connectivity index (χ3n) is 7.64. The molecule has 1 aromatic carbocycles. The van der Waals surface area contributed by atoms with E-state index < -0.39 is 0 Å². The molecule has 0 spiro atoms. The number of amides is 2. The Morgan fingerprint density at radius 2 is 1.95 bits per heavy atom. The summed E-state index contributed by atoms with van der Waals surface area (Å²) in [5, 5.41) is 3.48. The topological polar surface area (TPSA) is 92.6 Å². The van der Waals surface area contributed by atoms with Crippen molar-refractivity contribution in [1.82, 2.24) is 24.3 Å². The SMILES string of the molecule is C/C=C/C(=O)N1CCCCC(n2c(NC(=O)c3ccnc(C)c3)nc3ccc(OCCN4CCCC4)c(Cl)c32)C1. The Labute approximate surface area is 240 Å². The summed E-state index contributed by atoms with van der Waals surface area (Å²) in [5.74, 6) is 0.688. The molecule has 0 radical (unpaired) electrons. The van der Waals surface area contributed by atoms with Crippen molar-refractivity contribution in [3.63, 3.8) is 0 Å². The molecule has 0 saturated carbocycles. The van der Waals surface area contributed by atoms with Crippen molar-refractivity contribution < 1.29 is 14.3 Å². The van der Waals surface area contributed by atoms with E-state index in [1.54, 1.807) is 30.5 Å². The predicted molar refractivity (Wildman–Crippen MR) is 157 cm³/mol. The van der Waals surface area contributed by atoms with Gasteiger partial charge in [-0.25, -0.2) is 4.98 Å². The van der Waals surface area contributed by atoms with Crippen LogP contribution in [-0.2, 0) is 4.79 Å². The second kappa shape index (κ2) is 12.8. The summed E-state index contributed by atoms with van der Waals surface area (Å²) in [5.41, 5.74) is 2.61. The molecule has 0 aliphatic carbocycles. The Morgan fingerprint density at radius 1 is 1.15 bits per heavy atom. The smallest absolute Gasteiger partial charge is 0.258 e. The number of hydrogen-bond acceptors (Lipinski definition) is 6. The summed E-state index contributed by atoms with van der Waals surface area (Å²) in [6, 6.07) is 7.02. The zero-order valence-electron chi connectivity index (χ0n) is 23.2.